The van der Waals surface area contributed by atoms with Crippen LogP contribution in [-0.4, -0.2) is 37.0 Å². The maximum absolute atomic E-state index is 12.2. The molecule has 2 rings (SSSR count). The maximum Gasteiger partial charge on any atom is 0.254 e. The molecule has 1 aromatic heterocycles. The summed E-state index contributed by atoms with van der Waals surface area (Å²) in [5.41, 5.74) is 5.89. The van der Waals surface area contributed by atoms with Gasteiger partial charge in [0.05, 0.1) is 19.0 Å². The van der Waals surface area contributed by atoms with Gasteiger partial charge in [0.25, 0.3) is 5.91 Å². The molecule has 23 heavy (non-hydrogen) atoms. The van der Waals surface area contributed by atoms with Gasteiger partial charge in [0, 0.05) is 6.42 Å². The largest absolute Gasteiger partial charge is 0.480 e. The minimum atomic E-state index is -0.645. The minimum Gasteiger partial charge on any atom is -0.480 e. The lowest BCUT2D eigenvalue weighted by molar-refractivity contribution is -0.117. The van der Waals surface area contributed by atoms with Crippen LogP contribution in [0.3, 0.4) is 0 Å². The summed E-state index contributed by atoms with van der Waals surface area (Å²) >= 11 is 0. The molecular weight excluding hydrogens is 296 g/mol. The highest BCUT2D eigenvalue weighted by Crippen LogP contribution is 2.25. The number of pyridine rings is 1. The van der Waals surface area contributed by atoms with Crippen LogP contribution in [0.25, 0.3) is 0 Å². The molecule has 1 unspecified atom stereocenters. The van der Waals surface area contributed by atoms with E-state index in [9.17, 15) is 9.59 Å². The molecule has 2 heterocycles. The number of primary amides is 1. The third-order valence-corrected chi connectivity index (χ3v) is 4.29. The first kappa shape index (κ1) is 17.2. The Balaban J connectivity index is 1.96. The maximum atomic E-state index is 12.2. The van der Waals surface area contributed by atoms with Crippen molar-refractivity contribution in [2.24, 2.45) is 17.6 Å². The zero-order chi connectivity index (χ0) is 16.8. The quantitative estimate of drug-likeness (QED) is 0.729. The predicted molar refractivity (Wildman–Crippen MR) is 87.3 cm³/mol. The summed E-state index contributed by atoms with van der Waals surface area (Å²) in [7, 11) is 1.41. The third kappa shape index (κ3) is 4.66. The van der Waals surface area contributed by atoms with Crippen LogP contribution in [-0.2, 0) is 4.79 Å². The molecule has 1 fully saturated rings. The zero-order valence-corrected chi connectivity index (χ0v) is 13.6. The zero-order valence-electron chi connectivity index (χ0n) is 13.6. The van der Waals surface area contributed by atoms with E-state index in [4.69, 9.17) is 10.5 Å². The van der Waals surface area contributed by atoms with Crippen LogP contribution in [0.15, 0.2) is 12.3 Å². The minimum absolute atomic E-state index is 0.0848. The Kier molecular flexibility index (Phi) is 5.92. The fourth-order valence-electron chi connectivity index (χ4n) is 2.94. The van der Waals surface area contributed by atoms with Gasteiger partial charge in [-0.15, -0.1) is 0 Å². The number of amides is 2. The summed E-state index contributed by atoms with van der Waals surface area (Å²) in [6.07, 6.45) is 4.11. The third-order valence-electron chi connectivity index (χ3n) is 4.29. The van der Waals surface area contributed by atoms with Gasteiger partial charge in [0.15, 0.2) is 0 Å². The number of methoxy groups -OCH3 is 1. The molecule has 4 N–H and O–H groups in total. The molecule has 0 saturated carbocycles. The van der Waals surface area contributed by atoms with E-state index in [1.165, 1.54) is 19.4 Å². The van der Waals surface area contributed by atoms with E-state index >= 15 is 0 Å². The van der Waals surface area contributed by atoms with Crippen molar-refractivity contribution in [3.8, 4) is 5.88 Å². The normalized spacial score (nSPS) is 16.6. The average Bonchev–Trinajstić information content (AvgIpc) is 2.55. The number of carbonyl (C=O) groups excluding carboxylic acids is 2. The first-order valence-corrected chi connectivity index (χ1v) is 7.85. The summed E-state index contributed by atoms with van der Waals surface area (Å²) in [5, 5.41) is 6.10. The van der Waals surface area contributed by atoms with E-state index in [0.29, 0.717) is 23.9 Å². The SMILES string of the molecule is COc1ncc(NC(=O)CC(C)C2CCNCC2)cc1C(N)=O. The molecule has 0 aromatic carbocycles. The highest BCUT2D eigenvalue weighted by atomic mass is 16.5. The number of piperidine rings is 1. The lowest BCUT2D eigenvalue weighted by atomic mass is 9.84. The van der Waals surface area contributed by atoms with E-state index in [2.05, 4.69) is 22.5 Å². The van der Waals surface area contributed by atoms with Crippen molar-refractivity contribution in [3.05, 3.63) is 17.8 Å². The van der Waals surface area contributed by atoms with Crippen LogP contribution in [0.2, 0.25) is 0 Å². The van der Waals surface area contributed by atoms with Gasteiger partial charge < -0.3 is 21.1 Å². The van der Waals surface area contributed by atoms with Crippen molar-refractivity contribution >= 4 is 17.5 Å². The monoisotopic (exact) mass is 320 g/mol. The highest BCUT2D eigenvalue weighted by Gasteiger charge is 2.22. The van der Waals surface area contributed by atoms with E-state index in [1.807, 2.05) is 0 Å². The molecule has 0 spiro atoms. The van der Waals surface area contributed by atoms with Crippen molar-refractivity contribution < 1.29 is 14.3 Å². The first-order valence-electron chi connectivity index (χ1n) is 7.85. The topological polar surface area (TPSA) is 106 Å². The number of aromatic nitrogens is 1. The Morgan fingerprint density at radius 1 is 1.48 bits per heavy atom. The molecule has 0 aliphatic carbocycles. The number of nitrogens with one attached hydrogen (secondary N) is 2. The van der Waals surface area contributed by atoms with Crippen molar-refractivity contribution in [1.82, 2.24) is 10.3 Å². The van der Waals surface area contributed by atoms with Crippen molar-refractivity contribution in [2.45, 2.75) is 26.2 Å². The van der Waals surface area contributed by atoms with Gasteiger partial charge in [-0.05, 0) is 43.8 Å². The molecule has 1 atom stereocenters. The first-order chi connectivity index (χ1) is 11.0. The van der Waals surface area contributed by atoms with Crippen molar-refractivity contribution in [2.75, 3.05) is 25.5 Å². The molecule has 1 aliphatic rings. The highest BCUT2D eigenvalue weighted by molar-refractivity contribution is 5.97. The van der Waals surface area contributed by atoms with E-state index in [-0.39, 0.29) is 17.4 Å². The summed E-state index contributed by atoms with van der Waals surface area (Å²) < 4.78 is 4.98. The Labute approximate surface area is 136 Å². The van der Waals surface area contributed by atoms with Crippen LogP contribution < -0.4 is 21.1 Å². The summed E-state index contributed by atoms with van der Waals surface area (Å²) in [6.45, 7) is 4.14. The van der Waals surface area contributed by atoms with E-state index in [0.717, 1.165) is 25.9 Å². The van der Waals surface area contributed by atoms with Crippen LogP contribution in [0.1, 0.15) is 36.5 Å². The fraction of sp³-hybridized carbons (Fsp3) is 0.562. The second-order valence-corrected chi connectivity index (χ2v) is 5.96. The molecule has 7 heteroatoms. The number of hydrogen-bond donors (Lipinski definition) is 3. The second kappa shape index (κ2) is 7.92. The predicted octanol–water partition coefficient (Wildman–Crippen LogP) is 1.15. The van der Waals surface area contributed by atoms with Gasteiger partial charge in [0.2, 0.25) is 11.8 Å². The molecule has 1 saturated heterocycles. The summed E-state index contributed by atoms with van der Waals surface area (Å²) in [5.74, 6) is 0.307. The van der Waals surface area contributed by atoms with E-state index in [1.54, 1.807) is 0 Å². The number of hydrogen-bond acceptors (Lipinski definition) is 5. The van der Waals surface area contributed by atoms with Gasteiger partial charge in [0.1, 0.15) is 5.56 Å². The van der Waals surface area contributed by atoms with Crippen molar-refractivity contribution in [3.63, 3.8) is 0 Å². The van der Waals surface area contributed by atoms with Crippen LogP contribution in [0, 0.1) is 11.8 Å². The Morgan fingerprint density at radius 2 is 2.17 bits per heavy atom. The Hall–Kier alpha value is -2.15. The van der Waals surface area contributed by atoms with Gasteiger partial charge in [-0.25, -0.2) is 4.98 Å². The number of carbonyl (C=O) groups is 2. The fourth-order valence-corrected chi connectivity index (χ4v) is 2.94. The van der Waals surface area contributed by atoms with E-state index < -0.39 is 5.91 Å². The lowest BCUT2D eigenvalue weighted by Crippen LogP contribution is -2.32. The summed E-state index contributed by atoms with van der Waals surface area (Å²) in [6, 6.07) is 1.49. The lowest BCUT2D eigenvalue weighted by Gasteiger charge is -2.27. The average molecular weight is 320 g/mol. The molecular formula is C16H24N4O3. The number of anilines is 1. The standard InChI is InChI=1S/C16H24N4O3/c1-10(11-3-5-18-6-4-11)7-14(21)20-12-8-13(15(17)22)16(23-2)19-9-12/h8-11,18H,3-7H2,1-2H3,(H2,17,22)(H,20,21). The van der Waals surface area contributed by atoms with Crippen molar-refractivity contribution in [1.29, 1.82) is 0 Å². The summed E-state index contributed by atoms with van der Waals surface area (Å²) in [4.78, 5) is 27.6. The molecule has 1 aliphatic heterocycles. The number of ether oxygens (including phenoxy) is 1. The molecule has 1 aromatic rings. The molecule has 7 nitrogen and oxygen atoms in total. The Bertz CT molecular complexity index is 570. The van der Waals surface area contributed by atoms with Crippen LogP contribution >= 0.6 is 0 Å². The number of rotatable bonds is 6. The van der Waals surface area contributed by atoms with Gasteiger partial charge in [-0.2, -0.15) is 0 Å². The Morgan fingerprint density at radius 3 is 2.78 bits per heavy atom. The van der Waals surface area contributed by atoms with Gasteiger partial charge >= 0.3 is 0 Å². The van der Waals surface area contributed by atoms with Crippen LogP contribution in [0.5, 0.6) is 5.88 Å². The number of nitrogens with zero attached hydrogens (tertiary/aromatic N) is 1. The molecule has 0 bridgehead atoms. The van der Waals surface area contributed by atoms with Crippen LogP contribution in [0.4, 0.5) is 5.69 Å². The van der Waals surface area contributed by atoms with Gasteiger partial charge in [-0.3, -0.25) is 9.59 Å². The molecule has 2 amide bonds. The molecule has 126 valence electrons. The van der Waals surface area contributed by atoms with Gasteiger partial charge in [-0.1, -0.05) is 6.92 Å². The second-order valence-electron chi connectivity index (χ2n) is 5.96. The number of nitrogens with two attached hydrogens (primary N) is 1. The smallest absolute Gasteiger partial charge is 0.254 e. The molecule has 0 radical (unpaired) electrons.